The lowest BCUT2D eigenvalue weighted by Crippen LogP contribution is -2.44. The lowest BCUT2D eigenvalue weighted by atomic mass is 9.97. The highest BCUT2D eigenvalue weighted by molar-refractivity contribution is 5.77. The molecular weight excluding hydrogens is 218 g/mol. The number of rotatable bonds is 8. The molecule has 0 bridgehead atoms. The lowest BCUT2D eigenvalue weighted by Gasteiger charge is -2.18. The van der Waals surface area contributed by atoms with Gasteiger partial charge in [0.25, 0.3) is 0 Å². The van der Waals surface area contributed by atoms with Crippen molar-refractivity contribution in [1.82, 2.24) is 0 Å². The topological polar surface area (TPSA) is 72.5 Å². The number of aliphatic carboxylic acids is 1. The number of carboxylic acid groups (broad SMARTS) is 1. The summed E-state index contributed by atoms with van der Waals surface area (Å²) in [6.07, 6.45) is 7.52. The van der Waals surface area contributed by atoms with Crippen LogP contribution >= 0.6 is 0 Å². The van der Waals surface area contributed by atoms with Crippen LogP contribution in [0.3, 0.4) is 0 Å². The number of hydrogen-bond donors (Lipinski definition) is 2. The standard InChI is InChI=1S/C13H25NO3/c1-13(14,12(15)16)8-4-5-9-17-10-11-6-2-3-7-11/h11H,2-10,14H2,1H3,(H,15,16). The second-order valence-corrected chi connectivity index (χ2v) is 5.41. The van der Waals surface area contributed by atoms with Crippen LogP contribution in [0.5, 0.6) is 0 Å². The van der Waals surface area contributed by atoms with Gasteiger partial charge in [0.1, 0.15) is 5.54 Å². The summed E-state index contributed by atoms with van der Waals surface area (Å²) >= 11 is 0. The normalized spacial score (nSPS) is 20.4. The Balaban J connectivity index is 1.95. The van der Waals surface area contributed by atoms with Crippen molar-refractivity contribution in [3.8, 4) is 0 Å². The van der Waals surface area contributed by atoms with Crippen LogP contribution in [-0.2, 0) is 9.53 Å². The van der Waals surface area contributed by atoms with Gasteiger partial charge in [0.05, 0.1) is 0 Å². The van der Waals surface area contributed by atoms with Gasteiger partial charge in [-0.1, -0.05) is 12.8 Å². The van der Waals surface area contributed by atoms with Crippen LogP contribution in [0.2, 0.25) is 0 Å². The Labute approximate surface area is 104 Å². The van der Waals surface area contributed by atoms with E-state index in [0.717, 1.165) is 32.0 Å². The molecule has 1 atom stereocenters. The quantitative estimate of drug-likeness (QED) is 0.641. The average molecular weight is 243 g/mol. The van der Waals surface area contributed by atoms with Gasteiger partial charge >= 0.3 is 5.97 Å². The molecule has 1 fully saturated rings. The molecule has 4 nitrogen and oxygen atoms in total. The molecule has 100 valence electrons. The zero-order valence-electron chi connectivity index (χ0n) is 10.8. The van der Waals surface area contributed by atoms with Crippen molar-refractivity contribution < 1.29 is 14.6 Å². The largest absolute Gasteiger partial charge is 0.480 e. The maximum absolute atomic E-state index is 10.8. The first-order valence-electron chi connectivity index (χ1n) is 6.62. The van der Waals surface area contributed by atoms with Gasteiger partial charge in [0.15, 0.2) is 0 Å². The number of hydrogen-bond acceptors (Lipinski definition) is 3. The van der Waals surface area contributed by atoms with Gasteiger partial charge in [0, 0.05) is 13.2 Å². The Bertz CT molecular complexity index is 235. The monoisotopic (exact) mass is 243 g/mol. The van der Waals surface area contributed by atoms with Gasteiger partial charge in [0.2, 0.25) is 0 Å². The third-order valence-electron chi connectivity index (χ3n) is 3.55. The predicted octanol–water partition coefficient (Wildman–Crippen LogP) is 2.17. The minimum Gasteiger partial charge on any atom is -0.480 e. The SMILES string of the molecule is CC(N)(CCCCOCC1CCCC1)C(=O)O. The second kappa shape index (κ2) is 6.97. The molecule has 0 saturated heterocycles. The van der Waals surface area contributed by atoms with Crippen molar-refractivity contribution in [2.75, 3.05) is 13.2 Å². The van der Waals surface area contributed by atoms with Gasteiger partial charge < -0.3 is 15.6 Å². The highest BCUT2D eigenvalue weighted by Gasteiger charge is 2.26. The molecule has 1 saturated carbocycles. The van der Waals surface area contributed by atoms with Crippen LogP contribution < -0.4 is 5.73 Å². The van der Waals surface area contributed by atoms with Crippen molar-refractivity contribution in [2.24, 2.45) is 11.7 Å². The van der Waals surface area contributed by atoms with E-state index in [1.165, 1.54) is 25.7 Å². The van der Waals surface area contributed by atoms with Gasteiger partial charge in [-0.05, 0) is 44.9 Å². The Morgan fingerprint density at radius 3 is 2.65 bits per heavy atom. The van der Waals surface area contributed by atoms with Gasteiger partial charge in [-0.3, -0.25) is 4.79 Å². The molecular formula is C13H25NO3. The van der Waals surface area contributed by atoms with Crippen LogP contribution in [0, 0.1) is 5.92 Å². The summed E-state index contributed by atoms with van der Waals surface area (Å²) in [6, 6.07) is 0. The molecule has 0 heterocycles. The predicted molar refractivity (Wildman–Crippen MR) is 66.9 cm³/mol. The maximum Gasteiger partial charge on any atom is 0.323 e. The van der Waals surface area contributed by atoms with E-state index in [0.29, 0.717) is 6.42 Å². The van der Waals surface area contributed by atoms with Crippen LogP contribution in [0.4, 0.5) is 0 Å². The Kier molecular flexibility index (Phi) is 5.92. The van der Waals surface area contributed by atoms with Crippen LogP contribution in [-0.4, -0.2) is 29.8 Å². The first-order valence-corrected chi connectivity index (χ1v) is 6.62. The average Bonchev–Trinajstić information content (AvgIpc) is 2.75. The van der Waals surface area contributed by atoms with Crippen LogP contribution in [0.1, 0.15) is 51.9 Å². The van der Waals surface area contributed by atoms with Gasteiger partial charge in [-0.15, -0.1) is 0 Å². The highest BCUT2D eigenvalue weighted by atomic mass is 16.5. The van der Waals surface area contributed by atoms with Crippen molar-refractivity contribution >= 4 is 5.97 Å². The third kappa shape index (κ3) is 5.50. The van der Waals surface area contributed by atoms with E-state index in [4.69, 9.17) is 15.6 Å². The van der Waals surface area contributed by atoms with Crippen LogP contribution in [0.25, 0.3) is 0 Å². The molecule has 17 heavy (non-hydrogen) atoms. The second-order valence-electron chi connectivity index (χ2n) is 5.41. The molecule has 0 aromatic rings. The summed E-state index contributed by atoms with van der Waals surface area (Å²) < 4.78 is 5.60. The Hall–Kier alpha value is -0.610. The fourth-order valence-electron chi connectivity index (χ4n) is 2.23. The molecule has 1 unspecified atom stereocenters. The number of unbranched alkanes of at least 4 members (excludes halogenated alkanes) is 1. The molecule has 1 aliphatic carbocycles. The highest BCUT2D eigenvalue weighted by Crippen LogP contribution is 2.24. The van der Waals surface area contributed by atoms with Crippen molar-refractivity contribution in [3.63, 3.8) is 0 Å². The maximum atomic E-state index is 10.8. The lowest BCUT2D eigenvalue weighted by molar-refractivity contribution is -0.142. The van der Waals surface area contributed by atoms with E-state index in [2.05, 4.69) is 0 Å². The number of carbonyl (C=O) groups is 1. The number of nitrogens with two attached hydrogens (primary N) is 1. The van der Waals surface area contributed by atoms with Crippen LogP contribution in [0.15, 0.2) is 0 Å². The molecule has 3 N–H and O–H groups in total. The smallest absolute Gasteiger partial charge is 0.323 e. The van der Waals surface area contributed by atoms with E-state index >= 15 is 0 Å². The summed E-state index contributed by atoms with van der Waals surface area (Å²) in [5, 5.41) is 8.83. The molecule has 1 rings (SSSR count). The Morgan fingerprint density at radius 1 is 1.41 bits per heavy atom. The van der Waals surface area contributed by atoms with Crippen molar-refractivity contribution in [2.45, 2.75) is 57.4 Å². The Morgan fingerprint density at radius 2 is 2.06 bits per heavy atom. The zero-order valence-corrected chi connectivity index (χ0v) is 10.8. The van der Waals surface area contributed by atoms with E-state index < -0.39 is 11.5 Å². The first kappa shape index (κ1) is 14.5. The first-order chi connectivity index (χ1) is 8.02. The van der Waals surface area contributed by atoms with Crippen molar-refractivity contribution in [1.29, 1.82) is 0 Å². The summed E-state index contributed by atoms with van der Waals surface area (Å²) in [7, 11) is 0. The molecule has 0 aromatic heterocycles. The van der Waals surface area contributed by atoms with Gasteiger partial charge in [-0.2, -0.15) is 0 Å². The molecule has 0 spiro atoms. The molecule has 0 aliphatic heterocycles. The van der Waals surface area contributed by atoms with E-state index in [-0.39, 0.29) is 0 Å². The third-order valence-corrected chi connectivity index (χ3v) is 3.55. The van der Waals surface area contributed by atoms with E-state index in [9.17, 15) is 4.79 Å². The number of carboxylic acids is 1. The summed E-state index contributed by atoms with van der Waals surface area (Å²) in [5.74, 6) is -0.168. The molecule has 0 radical (unpaired) electrons. The zero-order chi connectivity index (χ0) is 12.7. The summed E-state index contributed by atoms with van der Waals surface area (Å²) in [5.41, 5.74) is 4.54. The van der Waals surface area contributed by atoms with Crippen molar-refractivity contribution in [3.05, 3.63) is 0 Å². The van der Waals surface area contributed by atoms with E-state index in [1.54, 1.807) is 6.92 Å². The molecule has 0 aromatic carbocycles. The summed E-state index contributed by atoms with van der Waals surface area (Å²) in [4.78, 5) is 10.8. The van der Waals surface area contributed by atoms with E-state index in [1.807, 2.05) is 0 Å². The fourth-order valence-corrected chi connectivity index (χ4v) is 2.23. The molecule has 1 aliphatic rings. The fraction of sp³-hybridized carbons (Fsp3) is 0.923. The minimum atomic E-state index is -1.09. The molecule has 4 heteroatoms. The van der Waals surface area contributed by atoms with Gasteiger partial charge in [-0.25, -0.2) is 0 Å². The number of ether oxygens (including phenoxy) is 1. The summed E-state index contributed by atoms with van der Waals surface area (Å²) in [6.45, 7) is 3.17. The minimum absolute atomic E-state index is 0.509. The molecule has 0 amide bonds.